The third-order valence-corrected chi connectivity index (χ3v) is 6.32. The Bertz CT molecular complexity index is 963. The number of para-hydroxylation sites is 1. The maximum atomic E-state index is 12.6. The number of nitrogens with one attached hydrogen (secondary N) is 1. The molecule has 146 valence electrons. The van der Waals surface area contributed by atoms with Crippen LogP contribution in [0.4, 0.5) is 5.69 Å². The smallest absolute Gasteiger partial charge is 0.251 e. The van der Waals surface area contributed by atoms with Crippen LogP contribution in [-0.4, -0.2) is 36.3 Å². The van der Waals surface area contributed by atoms with Gasteiger partial charge < -0.3 is 9.88 Å². The van der Waals surface area contributed by atoms with Crippen LogP contribution in [0.25, 0.3) is 0 Å². The maximum Gasteiger partial charge on any atom is 0.251 e. The molecule has 1 amide bonds. The average molecular weight is 391 g/mol. The number of carbonyl (C=O) groups excluding carboxylic acids is 1. The lowest BCUT2D eigenvalue weighted by atomic mass is 10.1. The minimum absolute atomic E-state index is 0.00689. The molecule has 0 unspecified atom stereocenters. The second-order valence-corrected chi connectivity index (χ2v) is 7.92. The van der Waals surface area contributed by atoms with Gasteiger partial charge in [-0.2, -0.15) is 4.31 Å². The van der Waals surface area contributed by atoms with Crippen LogP contribution >= 0.6 is 0 Å². The lowest BCUT2D eigenvalue weighted by Crippen LogP contribution is -2.33. The Labute approximate surface area is 159 Å². The van der Waals surface area contributed by atoms with E-state index in [0.717, 1.165) is 16.6 Å². The zero-order valence-electron chi connectivity index (χ0n) is 15.8. The monoisotopic (exact) mass is 391 g/mol. The summed E-state index contributed by atoms with van der Waals surface area (Å²) in [5.41, 5.74) is 1.23. The number of carbonyl (C=O) groups is 1. The summed E-state index contributed by atoms with van der Waals surface area (Å²) in [6, 6.07) is 9.86. The van der Waals surface area contributed by atoms with Crippen LogP contribution < -0.4 is 10.9 Å². The van der Waals surface area contributed by atoms with Gasteiger partial charge in [0.05, 0.1) is 4.90 Å². The number of aryl methyl sites for hydroxylation is 1. The second-order valence-electron chi connectivity index (χ2n) is 5.98. The van der Waals surface area contributed by atoms with Crippen LogP contribution in [0.5, 0.6) is 0 Å². The van der Waals surface area contributed by atoms with Crippen molar-refractivity contribution in [1.82, 2.24) is 8.87 Å². The molecule has 1 heterocycles. The molecule has 0 saturated heterocycles. The number of aromatic nitrogens is 1. The zero-order valence-corrected chi connectivity index (χ0v) is 16.6. The quantitative estimate of drug-likeness (QED) is 0.746. The van der Waals surface area contributed by atoms with E-state index in [-0.39, 0.29) is 11.4 Å². The van der Waals surface area contributed by atoms with Gasteiger partial charge in [0.2, 0.25) is 15.9 Å². The molecule has 8 heteroatoms. The Balaban J connectivity index is 2.26. The molecule has 7 nitrogen and oxygen atoms in total. The highest BCUT2D eigenvalue weighted by molar-refractivity contribution is 7.89. The van der Waals surface area contributed by atoms with E-state index in [4.69, 9.17) is 0 Å². The molecule has 1 aromatic heterocycles. The van der Waals surface area contributed by atoms with E-state index in [1.807, 2.05) is 25.1 Å². The minimum Gasteiger partial charge on any atom is -0.324 e. The number of amides is 1. The Morgan fingerprint density at radius 2 is 1.74 bits per heavy atom. The molecule has 0 aliphatic carbocycles. The fraction of sp³-hybridized carbons (Fsp3) is 0.368. The number of pyridine rings is 1. The average Bonchev–Trinajstić information content (AvgIpc) is 2.64. The zero-order chi connectivity index (χ0) is 20.0. The molecule has 0 bridgehead atoms. The van der Waals surface area contributed by atoms with Crippen molar-refractivity contribution < 1.29 is 13.2 Å². The highest BCUT2D eigenvalue weighted by Gasteiger charge is 2.22. The lowest BCUT2D eigenvalue weighted by molar-refractivity contribution is -0.116. The van der Waals surface area contributed by atoms with Crippen molar-refractivity contribution in [1.29, 1.82) is 0 Å². The highest BCUT2D eigenvalue weighted by Crippen LogP contribution is 2.16. The van der Waals surface area contributed by atoms with Crippen molar-refractivity contribution in [3.05, 3.63) is 58.5 Å². The van der Waals surface area contributed by atoms with Crippen molar-refractivity contribution in [2.24, 2.45) is 0 Å². The van der Waals surface area contributed by atoms with Gasteiger partial charge in [0.1, 0.15) is 6.54 Å². The normalized spacial score (nSPS) is 11.6. The summed E-state index contributed by atoms with van der Waals surface area (Å²) in [7, 11) is -3.70. The molecule has 0 saturated carbocycles. The molecule has 0 aliphatic heterocycles. The Morgan fingerprint density at radius 3 is 2.37 bits per heavy atom. The first kappa shape index (κ1) is 20.9. The van der Waals surface area contributed by atoms with Gasteiger partial charge in [-0.3, -0.25) is 9.59 Å². The summed E-state index contributed by atoms with van der Waals surface area (Å²) in [4.78, 5) is 24.5. The number of nitrogens with zero attached hydrogens (tertiary/aromatic N) is 2. The Morgan fingerprint density at radius 1 is 1.07 bits per heavy atom. The van der Waals surface area contributed by atoms with Crippen molar-refractivity contribution >= 4 is 21.6 Å². The van der Waals surface area contributed by atoms with Crippen molar-refractivity contribution in [2.45, 2.75) is 38.6 Å². The van der Waals surface area contributed by atoms with Crippen LogP contribution in [-0.2, 0) is 27.8 Å². The van der Waals surface area contributed by atoms with E-state index in [2.05, 4.69) is 5.32 Å². The largest absolute Gasteiger partial charge is 0.324 e. The molecule has 1 N–H and O–H groups in total. The Hall–Kier alpha value is -2.45. The van der Waals surface area contributed by atoms with E-state index in [1.165, 1.54) is 22.6 Å². The summed E-state index contributed by atoms with van der Waals surface area (Å²) in [5, 5.41) is 2.78. The number of hydrogen-bond acceptors (Lipinski definition) is 4. The number of sulfonamides is 1. The number of hydrogen-bond donors (Lipinski definition) is 1. The Kier molecular flexibility index (Phi) is 6.92. The van der Waals surface area contributed by atoms with Crippen LogP contribution in [0.2, 0.25) is 0 Å². The van der Waals surface area contributed by atoms with Crippen LogP contribution in [0.1, 0.15) is 26.3 Å². The molecule has 0 aliphatic rings. The summed E-state index contributed by atoms with van der Waals surface area (Å²) in [5.74, 6) is -0.393. The van der Waals surface area contributed by atoms with Crippen LogP contribution in [0.15, 0.2) is 52.3 Å². The maximum absolute atomic E-state index is 12.6. The topological polar surface area (TPSA) is 88.5 Å². The number of rotatable bonds is 8. The summed E-state index contributed by atoms with van der Waals surface area (Å²) < 4.78 is 27.7. The van der Waals surface area contributed by atoms with E-state index in [1.54, 1.807) is 19.9 Å². The predicted octanol–water partition coefficient (Wildman–Crippen LogP) is 2.08. The van der Waals surface area contributed by atoms with E-state index in [0.29, 0.717) is 18.8 Å². The first-order valence-corrected chi connectivity index (χ1v) is 10.4. The molecule has 1 aromatic carbocycles. The summed E-state index contributed by atoms with van der Waals surface area (Å²) >= 11 is 0. The molecule has 0 atom stereocenters. The van der Waals surface area contributed by atoms with Crippen LogP contribution in [0, 0.1) is 0 Å². The van der Waals surface area contributed by atoms with Crippen molar-refractivity contribution in [3.63, 3.8) is 0 Å². The van der Waals surface area contributed by atoms with Crippen LogP contribution in [0.3, 0.4) is 0 Å². The summed E-state index contributed by atoms with van der Waals surface area (Å²) in [6.07, 6.45) is 1.98. The van der Waals surface area contributed by atoms with E-state index >= 15 is 0 Å². The van der Waals surface area contributed by atoms with Gasteiger partial charge in [0.25, 0.3) is 5.56 Å². The standard InChI is InChI=1S/C19H25N3O4S/c1-4-15-9-7-8-10-17(15)20-18(23)14-21-13-16(11-12-19(21)24)27(25,26)22(5-2)6-3/h7-13H,4-6,14H2,1-3H3,(H,20,23). The molecule has 0 fully saturated rings. The first-order chi connectivity index (χ1) is 12.8. The predicted molar refractivity (Wildman–Crippen MR) is 105 cm³/mol. The highest BCUT2D eigenvalue weighted by atomic mass is 32.2. The van der Waals surface area contributed by atoms with Gasteiger partial charge in [0.15, 0.2) is 0 Å². The molecular weight excluding hydrogens is 366 g/mol. The summed E-state index contributed by atoms with van der Waals surface area (Å²) in [6.45, 7) is 5.86. The van der Waals surface area contributed by atoms with Crippen molar-refractivity contribution in [3.8, 4) is 0 Å². The minimum atomic E-state index is -3.70. The second kappa shape index (κ2) is 8.96. The SMILES string of the molecule is CCc1ccccc1NC(=O)Cn1cc(S(=O)(=O)N(CC)CC)ccc1=O. The lowest BCUT2D eigenvalue weighted by Gasteiger charge is -2.19. The van der Waals surface area contributed by atoms with E-state index < -0.39 is 21.5 Å². The van der Waals surface area contributed by atoms with Gasteiger partial charge in [-0.25, -0.2) is 8.42 Å². The first-order valence-electron chi connectivity index (χ1n) is 8.91. The van der Waals surface area contributed by atoms with Gasteiger partial charge >= 0.3 is 0 Å². The molecule has 27 heavy (non-hydrogen) atoms. The van der Waals surface area contributed by atoms with Gasteiger partial charge in [-0.1, -0.05) is 39.0 Å². The molecular formula is C19H25N3O4S. The molecule has 0 spiro atoms. The van der Waals surface area contributed by atoms with Gasteiger partial charge in [0, 0.05) is 31.0 Å². The van der Waals surface area contributed by atoms with E-state index in [9.17, 15) is 18.0 Å². The fourth-order valence-corrected chi connectivity index (χ4v) is 4.27. The fourth-order valence-electron chi connectivity index (χ4n) is 2.79. The van der Waals surface area contributed by atoms with Gasteiger partial charge in [-0.05, 0) is 24.1 Å². The number of anilines is 1. The van der Waals surface area contributed by atoms with Gasteiger partial charge in [-0.15, -0.1) is 0 Å². The number of benzene rings is 1. The molecule has 2 rings (SSSR count). The third-order valence-electron chi connectivity index (χ3n) is 4.29. The molecule has 0 radical (unpaired) electrons. The van der Waals surface area contributed by atoms with Crippen molar-refractivity contribution in [2.75, 3.05) is 18.4 Å². The molecule has 2 aromatic rings. The third kappa shape index (κ3) is 4.84.